The molecule has 1 aromatic carbocycles. The lowest BCUT2D eigenvalue weighted by molar-refractivity contribution is -0.104. The molecular formula is C12H13NO2S. The van der Waals surface area contributed by atoms with E-state index in [1.54, 1.807) is 20.2 Å². The third kappa shape index (κ3) is 3.90. The van der Waals surface area contributed by atoms with Gasteiger partial charge in [0, 0.05) is 19.0 Å². The summed E-state index contributed by atoms with van der Waals surface area (Å²) < 4.78 is 0. The molecule has 0 aliphatic rings. The van der Waals surface area contributed by atoms with E-state index in [1.807, 2.05) is 24.3 Å². The van der Waals surface area contributed by atoms with Gasteiger partial charge in [0.25, 0.3) is 5.24 Å². The Morgan fingerprint density at radius 1 is 1.25 bits per heavy atom. The molecule has 0 aromatic heterocycles. The van der Waals surface area contributed by atoms with Gasteiger partial charge < -0.3 is 4.90 Å². The maximum absolute atomic E-state index is 11.4. The molecular weight excluding hydrogens is 222 g/mol. The van der Waals surface area contributed by atoms with Crippen LogP contribution in [0.1, 0.15) is 5.56 Å². The van der Waals surface area contributed by atoms with Crippen LogP contribution in [0.4, 0.5) is 4.79 Å². The molecule has 1 amide bonds. The maximum Gasteiger partial charge on any atom is 0.285 e. The minimum absolute atomic E-state index is 0.00353. The third-order valence-electron chi connectivity index (χ3n) is 1.82. The Bertz CT molecular complexity index is 396. The van der Waals surface area contributed by atoms with Gasteiger partial charge in [-0.25, -0.2) is 0 Å². The summed E-state index contributed by atoms with van der Waals surface area (Å²) in [6.45, 7) is 0. The highest BCUT2D eigenvalue weighted by atomic mass is 32.2. The Morgan fingerprint density at radius 2 is 1.88 bits per heavy atom. The smallest absolute Gasteiger partial charge is 0.285 e. The Kier molecular flexibility index (Phi) is 4.79. The zero-order chi connectivity index (χ0) is 12.0. The zero-order valence-corrected chi connectivity index (χ0v) is 10.0. The highest BCUT2D eigenvalue weighted by molar-refractivity contribution is 8.13. The first-order valence-corrected chi connectivity index (χ1v) is 5.56. The molecule has 3 nitrogen and oxygen atoms in total. The Hall–Kier alpha value is -1.55. The van der Waals surface area contributed by atoms with Crippen LogP contribution < -0.4 is 0 Å². The fraction of sp³-hybridized carbons (Fsp3) is 0.167. The van der Waals surface area contributed by atoms with Gasteiger partial charge in [-0.05, 0) is 35.5 Å². The molecule has 0 saturated carbocycles. The molecule has 0 atom stereocenters. The maximum atomic E-state index is 11.4. The van der Waals surface area contributed by atoms with Crippen molar-refractivity contribution in [3.63, 3.8) is 0 Å². The summed E-state index contributed by atoms with van der Waals surface area (Å²) in [6.07, 6.45) is 3.89. The predicted molar refractivity (Wildman–Crippen MR) is 66.5 cm³/mol. The molecule has 1 rings (SSSR count). The van der Waals surface area contributed by atoms with Crippen molar-refractivity contribution in [3.05, 3.63) is 35.9 Å². The number of nitrogens with zero attached hydrogens (tertiary/aromatic N) is 1. The lowest BCUT2D eigenvalue weighted by Crippen LogP contribution is -2.15. The second-order valence-electron chi connectivity index (χ2n) is 3.33. The van der Waals surface area contributed by atoms with E-state index in [2.05, 4.69) is 0 Å². The average molecular weight is 235 g/mol. The summed E-state index contributed by atoms with van der Waals surface area (Å²) in [5.41, 5.74) is 0.939. The minimum atomic E-state index is -0.00353. The highest BCUT2D eigenvalue weighted by Crippen LogP contribution is 2.21. The first-order chi connectivity index (χ1) is 7.63. The van der Waals surface area contributed by atoms with E-state index in [9.17, 15) is 9.59 Å². The number of thioether (sulfide) groups is 1. The van der Waals surface area contributed by atoms with Crippen LogP contribution in [0.15, 0.2) is 35.2 Å². The highest BCUT2D eigenvalue weighted by Gasteiger charge is 2.05. The molecule has 0 fully saturated rings. The van der Waals surface area contributed by atoms with Crippen LogP contribution in [-0.4, -0.2) is 30.5 Å². The van der Waals surface area contributed by atoms with Crippen LogP contribution in [-0.2, 0) is 4.79 Å². The topological polar surface area (TPSA) is 37.4 Å². The van der Waals surface area contributed by atoms with Crippen molar-refractivity contribution >= 4 is 29.4 Å². The van der Waals surface area contributed by atoms with Crippen LogP contribution in [0.25, 0.3) is 6.08 Å². The van der Waals surface area contributed by atoms with Crippen LogP contribution in [0.2, 0.25) is 0 Å². The number of hydrogen-bond donors (Lipinski definition) is 0. The number of rotatable bonds is 3. The zero-order valence-electron chi connectivity index (χ0n) is 9.21. The summed E-state index contributed by atoms with van der Waals surface area (Å²) >= 11 is 1.18. The molecule has 0 spiro atoms. The summed E-state index contributed by atoms with van der Waals surface area (Å²) in [6, 6.07) is 7.45. The molecule has 0 radical (unpaired) electrons. The summed E-state index contributed by atoms with van der Waals surface area (Å²) in [5, 5.41) is -0.00353. The number of amides is 1. The standard InChI is InChI=1S/C12H13NO2S/c1-13(2)12(15)16-11-7-5-10(6-8-11)4-3-9-14/h3-9H,1-2H3. The lowest BCUT2D eigenvalue weighted by atomic mass is 10.2. The van der Waals surface area contributed by atoms with E-state index < -0.39 is 0 Å². The summed E-state index contributed by atoms with van der Waals surface area (Å²) in [5.74, 6) is 0. The van der Waals surface area contributed by atoms with Gasteiger partial charge in [-0.1, -0.05) is 18.2 Å². The van der Waals surface area contributed by atoms with Gasteiger partial charge in [0.15, 0.2) is 0 Å². The number of allylic oxidation sites excluding steroid dienone is 1. The van der Waals surface area contributed by atoms with Crippen LogP contribution in [0.3, 0.4) is 0 Å². The molecule has 0 heterocycles. The van der Waals surface area contributed by atoms with Crippen molar-refractivity contribution in [2.45, 2.75) is 4.90 Å². The van der Waals surface area contributed by atoms with E-state index >= 15 is 0 Å². The Morgan fingerprint density at radius 3 is 2.38 bits per heavy atom. The molecule has 1 aromatic rings. The number of hydrogen-bond acceptors (Lipinski definition) is 3. The van der Waals surface area contributed by atoms with Gasteiger partial charge in [-0.3, -0.25) is 9.59 Å². The third-order valence-corrected chi connectivity index (χ3v) is 2.87. The molecule has 0 N–H and O–H groups in total. The van der Waals surface area contributed by atoms with Gasteiger partial charge in [-0.2, -0.15) is 0 Å². The van der Waals surface area contributed by atoms with Gasteiger partial charge in [0.05, 0.1) is 0 Å². The van der Waals surface area contributed by atoms with Crippen molar-refractivity contribution in [3.8, 4) is 0 Å². The van der Waals surface area contributed by atoms with Gasteiger partial charge in [-0.15, -0.1) is 0 Å². The number of benzene rings is 1. The van der Waals surface area contributed by atoms with Crippen LogP contribution >= 0.6 is 11.8 Å². The molecule has 0 aliphatic carbocycles. The van der Waals surface area contributed by atoms with E-state index in [4.69, 9.17) is 0 Å². The van der Waals surface area contributed by atoms with Gasteiger partial charge in [0.1, 0.15) is 6.29 Å². The largest absolute Gasteiger partial charge is 0.339 e. The SMILES string of the molecule is CN(C)C(=O)Sc1ccc(C=CC=O)cc1. The van der Waals surface area contributed by atoms with E-state index in [0.717, 1.165) is 16.7 Å². The minimum Gasteiger partial charge on any atom is -0.339 e. The molecule has 0 unspecified atom stereocenters. The van der Waals surface area contributed by atoms with E-state index in [-0.39, 0.29) is 5.24 Å². The summed E-state index contributed by atoms with van der Waals surface area (Å²) in [7, 11) is 3.44. The number of carbonyl (C=O) groups is 2. The lowest BCUT2D eigenvalue weighted by Gasteiger charge is -2.08. The van der Waals surface area contributed by atoms with Crippen molar-refractivity contribution in [2.75, 3.05) is 14.1 Å². The van der Waals surface area contributed by atoms with Crippen LogP contribution in [0.5, 0.6) is 0 Å². The van der Waals surface area contributed by atoms with E-state index in [0.29, 0.717) is 0 Å². The average Bonchev–Trinajstić information content (AvgIpc) is 2.28. The fourth-order valence-electron chi connectivity index (χ4n) is 0.989. The van der Waals surface area contributed by atoms with Crippen LogP contribution in [0, 0.1) is 0 Å². The van der Waals surface area contributed by atoms with Gasteiger partial charge >= 0.3 is 0 Å². The van der Waals surface area contributed by atoms with E-state index in [1.165, 1.54) is 22.7 Å². The summed E-state index contributed by atoms with van der Waals surface area (Å²) in [4.78, 5) is 23.9. The Labute approximate surface area is 99.1 Å². The molecule has 0 saturated heterocycles. The normalized spacial score (nSPS) is 10.4. The molecule has 4 heteroatoms. The van der Waals surface area contributed by atoms with Gasteiger partial charge in [0.2, 0.25) is 0 Å². The molecule has 0 bridgehead atoms. The monoisotopic (exact) mass is 235 g/mol. The molecule has 0 aliphatic heterocycles. The fourth-order valence-corrected chi connectivity index (χ4v) is 1.65. The molecule has 16 heavy (non-hydrogen) atoms. The quantitative estimate of drug-likeness (QED) is 0.459. The van der Waals surface area contributed by atoms with Crippen molar-refractivity contribution < 1.29 is 9.59 Å². The molecule has 84 valence electrons. The number of carbonyl (C=O) groups excluding carboxylic acids is 2. The van der Waals surface area contributed by atoms with Crippen molar-refractivity contribution in [2.24, 2.45) is 0 Å². The van der Waals surface area contributed by atoms with Crippen molar-refractivity contribution in [1.29, 1.82) is 0 Å². The number of aldehydes is 1. The second kappa shape index (κ2) is 6.12. The van der Waals surface area contributed by atoms with Crippen molar-refractivity contribution in [1.82, 2.24) is 4.90 Å². The first-order valence-electron chi connectivity index (χ1n) is 4.74. The second-order valence-corrected chi connectivity index (χ2v) is 4.35. The first kappa shape index (κ1) is 12.5. The predicted octanol–water partition coefficient (Wildman–Crippen LogP) is 2.67. The Balaban J connectivity index is 2.68.